The summed E-state index contributed by atoms with van der Waals surface area (Å²) in [6, 6.07) is -0.145. The summed E-state index contributed by atoms with van der Waals surface area (Å²) in [5.74, 6) is 0.0715. The van der Waals surface area contributed by atoms with Crippen molar-refractivity contribution < 1.29 is 14.3 Å². The number of urea groups is 1. The minimum atomic E-state index is -0.344. The summed E-state index contributed by atoms with van der Waals surface area (Å²) in [6.45, 7) is 22.2. The molecule has 0 saturated heterocycles. The average Bonchev–Trinajstić information content (AvgIpc) is 2.40. The van der Waals surface area contributed by atoms with E-state index in [9.17, 15) is 9.59 Å². The molecule has 0 aromatic rings. The number of hydrogen-bond acceptors (Lipinski definition) is 3. The van der Waals surface area contributed by atoms with E-state index in [4.69, 9.17) is 4.74 Å². The molecule has 0 aliphatic carbocycles. The van der Waals surface area contributed by atoms with Crippen molar-refractivity contribution in [3.8, 4) is 0 Å². The molecule has 0 fully saturated rings. The minimum absolute atomic E-state index is 0.0230. The molecule has 0 bridgehead atoms. The Kier molecular flexibility index (Phi) is 9.98. The maximum Gasteiger partial charge on any atom is 0.314 e. The van der Waals surface area contributed by atoms with E-state index in [2.05, 4.69) is 57.5 Å². The Morgan fingerprint density at radius 1 is 0.786 bits per heavy atom. The first-order valence-electron chi connectivity index (χ1n) is 10.4. The zero-order valence-corrected chi connectivity index (χ0v) is 20.0. The van der Waals surface area contributed by atoms with Gasteiger partial charge in [-0.2, -0.15) is 0 Å². The third-order valence-corrected chi connectivity index (χ3v) is 4.18. The van der Waals surface area contributed by atoms with E-state index in [1.165, 1.54) is 0 Å². The largest absolute Gasteiger partial charge is 0.375 e. The number of ether oxygens (including phenoxy) is 1. The van der Waals surface area contributed by atoms with Crippen LogP contribution in [0.2, 0.25) is 0 Å². The van der Waals surface area contributed by atoms with Gasteiger partial charge in [0.2, 0.25) is 5.91 Å². The Hall–Kier alpha value is -1.30. The molecule has 0 aromatic carbocycles. The Morgan fingerprint density at radius 2 is 1.36 bits per heavy atom. The molecule has 0 saturated carbocycles. The van der Waals surface area contributed by atoms with Crippen LogP contribution in [0.4, 0.5) is 4.79 Å². The van der Waals surface area contributed by atoms with Gasteiger partial charge in [-0.3, -0.25) is 4.79 Å². The van der Waals surface area contributed by atoms with E-state index in [1.807, 2.05) is 27.7 Å². The third kappa shape index (κ3) is 15.7. The molecule has 6 heteroatoms. The normalized spacial score (nSPS) is 13.2. The van der Waals surface area contributed by atoms with Crippen molar-refractivity contribution in [1.82, 2.24) is 16.0 Å². The lowest BCUT2D eigenvalue weighted by molar-refractivity contribution is -0.124. The minimum Gasteiger partial charge on any atom is -0.375 e. The first-order valence-corrected chi connectivity index (χ1v) is 10.4. The quantitative estimate of drug-likeness (QED) is 0.514. The zero-order valence-electron chi connectivity index (χ0n) is 20.0. The van der Waals surface area contributed by atoms with E-state index in [0.29, 0.717) is 32.5 Å². The van der Waals surface area contributed by atoms with Crippen molar-refractivity contribution in [2.75, 3.05) is 19.7 Å². The maximum absolute atomic E-state index is 12.2. The maximum atomic E-state index is 12.2. The predicted molar refractivity (Wildman–Crippen MR) is 116 cm³/mol. The highest BCUT2D eigenvalue weighted by molar-refractivity contribution is 5.77. The van der Waals surface area contributed by atoms with Gasteiger partial charge in [0, 0.05) is 31.7 Å². The zero-order chi connectivity index (χ0) is 22.2. The van der Waals surface area contributed by atoms with Gasteiger partial charge < -0.3 is 20.7 Å². The van der Waals surface area contributed by atoms with Gasteiger partial charge in [0.25, 0.3) is 0 Å². The lowest BCUT2D eigenvalue weighted by Gasteiger charge is -2.31. The van der Waals surface area contributed by atoms with Crippen LogP contribution in [0.15, 0.2) is 0 Å². The first-order chi connectivity index (χ1) is 12.4. The molecule has 0 aliphatic heterocycles. The van der Waals surface area contributed by atoms with Crippen LogP contribution in [0.5, 0.6) is 0 Å². The first kappa shape index (κ1) is 26.7. The number of carbonyl (C=O) groups excluding carboxylic acids is 2. The number of hydrogen-bond donors (Lipinski definition) is 3. The van der Waals surface area contributed by atoms with Gasteiger partial charge in [-0.05, 0) is 51.4 Å². The van der Waals surface area contributed by atoms with Crippen LogP contribution in [0.1, 0.15) is 88.5 Å². The summed E-state index contributed by atoms with van der Waals surface area (Å²) in [6.07, 6.45) is 1.95. The molecule has 0 spiro atoms. The van der Waals surface area contributed by atoms with Crippen molar-refractivity contribution in [3.05, 3.63) is 0 Å². The van der Waals surface area contributed by atoms with Crippen LogP contribution in [-0.2, 0) is 9.53 Å². The summed E-state index contributed by atoms with van der Waals surface area (Å²) >= 11 is 0. The number of rotatable bonds is 10. The summed E-state index contributed by atoms with van der Waals surface area (Å²) in [4.78, 5) is 24.0. The van der Waals surface area contributed by atoms with Crippen LogP contribution in [0, 0.1) is 10.8 Å². The molecular weight excluding hydrogens is 354 g/mol. The van der Waals surface area contributed by atoms with Gasteiger partial charge in [0.15, 0.2) is 0 Å². The molecule has 0 radical (unpaired) electrons. The highest BCUT2D eigenvalue weighted by Crippen LogP contribution is 2.20. The second kappa shape index (κ2) is 10.5. The highest BCUT2D eigenvalue weighted by atomic mass is 16.5. The molecule has 166 valence electrons. The van der Waals surface area contributed by atoms with Crippen LogP contribution in [0.3, 0.4) is 0 Å². The number of amides is 3. The van der Waals surface area contributed by atoms with Gasteiger partial charge in [-0.15, -0.1) is 0 Å². The van der Waals surface area contributed by atoms with Crippen LogP contribution in [-0.4, -0.2) is 42.8 Å². The molecule has 0 aliphatic rings. The molecule has 0 aromatic heterocycles. The van der Waals surface area contributed by atoms with Crippen molar-refractivity contribution in [1.29, 1.82) is 0 Å². The van der Waals surface area contributed by atoms with Crippen molar-refractivity contribution >= 4 is 11.9 Å². The lowest BCUT2D eigenvalue weighted by Crippen LogP contribution is -2.46. The van der Waals surface area contributed by atoms with Gasteiger partial charge in [-0.25, -0.2) is 4.79 Å². The van der Waals surface area contributed by atoms with Crippen LogP contribution < -0.4 is 16.0 Å². The van der Waals surface area contributed by atoms with Crippen molar-refractivity contribution in [2.45, 2.75) is 99.6 Å². The fraction of sp³-hybridized carbons (Fsp3) is 0.909. The molecule has 6 nitrogen and oxygen atoms in total. The van der Waals surface area contributed by atoms with E-state index in [0.717, 1.165) is 6.42 Å². The SMILES string of the molecule is CC(C)(C)CNC(=O)NCCC(C)(C)OCCC(C)(C)NC(=O)CC(C)(C)C. The lowest BCUT2D eigenvalue weighted by atomic mass is 9.91. The van der Waals surface area contributed by atoms with Crippen molar-refractivity contribution in [3.63, 3.8) is 0 Å². The molecule has 28 heavy (non-hydrogen) atoms. The highest BCUT2D eigenvalue weighted by Gasteiger charge is 2.25. The Balaban J connectivity index is 4.17. The molecule has 0 rings (SSSR count). The summed E-state index contributed by atoms with van der Waals surface area (Å²) in [5.41, 5.74) is -0.619. The molecule has 0 heterocycles. The predicted octanol–water partition coefficient (Wildman–Crippen LogP) is 4.24. The summed E-state index contributed by atoms with van der Waals surface area (Å²) < 4.78 is 6.02. The van der Waals surface area contributed by atoms with E-state index in [-0.39, 0.29) is 33.9 Å². The van der Waals surface area contributed by atoms with Gasteiger partial charge in [-0.1, -0.05) is 41.5 Å². The van der Waals surface area contributed by atoms with Crippen LogP contribution >= 0.6 is 0 Å². The van der Waals surface area contributed by atoms with Gasteiger partial charge >= 0.3 is 6.03 Å². The fourth-order valence-electron chi connectivity index (χ4n) is 2.51. The topological polar surface area (TPSA) is 79.5 Å². The van der Waals surface area contributed by atoms with Gasteiger partial charge in [0.1, 0.15) is 0 Å². The van der Waals surface area contributed by atoms with E-state index < -0.39 is 0 Å². The molecule has 3 N–H and O–H groups in total. The Morgan fingerprint density at radius 3 is 1.86 bits per heavy atom. The number of nitrogens with one attached hydrogen (secondary N) is 3. The smallest absolute Gasteiger partial charge is 0.314 e. The third-order valence-electron chi connectivity index (χ3n) is 4.18. The molecule has 3 amide bonds. The van der Waals surface area contributed by atoms with Crippen LogP contribution in [0.25, 0.3) is 0 Å². The average molecular weight is 400 g/mol. The molecule has 0 unspecified atom stereocenters. The monoisotopic (exact) mass is 399 g/mol. The second-order valence-corrected chi connectivity index (χ2v) is 11.4. The van der Waals surface area contributed by atoms with Gasteiger partial charge in [0.05, 0.1) is 5.60 Å². The van der Waals surface area contributed by atoms with Crippen molar-refractivity contribution in [2.24, 2.45) is 10.8 Å². The Bertz CT molecular complexity index is 500. The van der Waals surface area contributed by atoms with E-state index in [1.54, 1.807) is 0 Å². The molecular formula is C22H45N3O3. The molecule has 0 atom stereocenters. The fourth-order valence-corrected chi connectivity index (χ4v) is 2.51. The second-order valence-electron chi connectivity index (χ2n) is 11.4. The Labute approximate surface area is 172 Å². The summed E-state index contributed by atoms with van der Waals surface area (Å²) in [7, 11) is 0. The number of carbonyl (C=O) groups is 2. The summed E-state index contributed by atoms with van der Waals surface area (Å²) in [5, 5.41) is 8.85. The van der Waals surface area contributed by atoms with E-state index >= 15 is 0 Å². The standard InChI is InChI=1S/C22H45N3O3/c1-19(2,3)15-17(26)25-21(7,8)12-14-28-22(9,10)11-13-23-18(27)24-16-20(4,5)6/h11-16H2,1-10H3,(H,25,26)(H2,23,24,27).